The first-order chi connectivity index (χ1) is 10.3. The van der Waals surface area contributed by atoms with Gasteiger partial charge in [0.2, 0.25) is 0 Å². The van der Waals surface area contributed by atoms with Crippen molar-refractivity contribution in [2.24, 2.45) is 0 Å². The van der Waals surface area contributed by atoms with Gasteiger partial charge in [-0.3, -0.25) is 4.98 Å². The van der Waals surface area contributed by atoms with E-state index in [1.807, 2.05) is 18.3 Å². The van der Waals surface area contributed by atoms with Crippen LogP contribution in [0.2, 0.25) is 0 Å². The fraction of sp³-hybridized carbons (Fsp3) is 0.167. The Hall–Kier alpha value is -1.71. The molecule has 0 bridgehead atoms. The lowest BCUT2D eigenvalue weighted by molar-refractivity contribution is 0.631. The minimum Gasteiger partial charge on any atom is -0.306 e. The molecule has 2 aromatic carbocycles. The van der Waals surface area contributed by atoms with E-state index in [1.165, 1.54) is 16.5 Å². The standard InChI is InChI=1S/C18H17BrN2/c1-2-20-18(14-9-3-4-11-16(14)19)15-10-5-7-13-8-6-12-21-17(13)15/h3-12,18,20H,2H2,1H3. The fourth-order valence-electron chi connectivity index (χ4n) is 2.66. The van der Waals surface area contributed by atoms with E-state index in [0.717, 1.165) is 16.5 Å². The normalized spacial score (nSPS) is 12.5. The van der Waals surface area contributed by atoms with Gasteiger partial charge >= 0.3 is 0 Å². The highest BCUT2D eigenvalue weighted by Gasteiger charge is 2.18. The third kappa shape index (κ3) is 2.85. The Morgan fingerprint density at radius 2 is 1.76 bits per heavy atom. The molecule has 3 heteroatoms. The summed E-state index contributed by atoms with van der Waals surface area (Å²) in [4.78, 5) is 4.58. The van der Waals surface area contributed by atoms with E-state index in [1.54, 1.807) is 0 Å². The van der Waals surface area contributed by atoms with E-state index in [9.17, 15) is 0 Å². The second-order valence-electron chi connectivity index (χ2n) is 4.93. The summed E-state index contributed by atoms with van der Waals surface area (Å²) in [7, 11) is 0. The number of para-hydroxylation sites is 1. The van der Waals surface area contributed by atoms with Crippen molar-refractivity contribution < 1.29 is 0 Å². The Bertz CT molecular complexity index is 750. The molecule has 0 aliphatic carbocycles. The molecule has 1 atom stereocenters. The number of nitrogens with one attached hydrogen (secondary N) is 1. The molecule has 2 nitrogen and oxygen atoms in total. The maximum Gasteiger partial charge on any atom is 0.0753 e. The molecule has 0 saturated carbocycles. The molecule has 0 amide bonds. The van der Waals surface area contributed by atoms with E-state index in [4.69, 9.17) is 0 Å². The molecule has 21 heavy (non-hydrogen) atoms. The van der Waals surface area contributed by atoms with Gasteiger partial charge in [0.1, 0.15) is 0 Å². The van der Waals surface area contributed by atoms with Crippen LogP contribution < -0.4 is 5.32 Å². The first kappa shape index (κ1) is 14.2. The number of aromatic nitrogens is 1. The molecule has 1 aromatic heterocycles. The summed E-state index contributed by atoms with van der Waals surface area (Å²) >= 11 is 3.67. The smallest absolute Gasteiger partial charge is 0.0753 e. The molecule has 1 unspecified atom stereocenters. The van der Waals surface area contributed by atoms with Crippen LogP contribution in [0.1, 0.15) is 24.1 Å². The molecule has 1 N–H and O–H groups in total. The van der Waals surface area contributed by atoms with Crippen molar-refractivity contribution in [3.05, 3.63) is 76.4 Å². The molecule has 0 fully saturated rings. The van der Waals surface area contributed by atoms with E-state index in [2.05, 4.69) is 75.6 Å². The predicted molar refractivity (Wildman–Crippen MR) is 91.4 cm³/mol. The highest BCUT2D eigenvalue weighted by Crippen LogP contribution is 2.31. The monoisotopic (exact) mass is 340 g/mol. The van der Waals surface area contributed by atoms with Gasteiger partial charge in [0.05, 0.1) is 11.6 Å². The summed E-state index contributed by atoms with van der Waals surface area (Å²) in [6, 6.07) is 18.9. The number of hydrogen-bond acceptors (Lipinski definition) is 2. The summed E-state index contributed by atoms with van der Waals surface area (Å²) in [6.45, 7) is 3.03. The van der Waals surface area contributed by atoms with Crippen LogP contribution in [0.15, 0.2) is 65.3 Å². The highest BCUT2D eigenvalue weighted by molar-refractivity contribution is 9.10. The Labute approximate surface area is 133 Å². The van der Waals surface area contributed by atoms with Gasteiger partial charge in [0, 0.05) is 16.1 Å². The summed E-state index contributed by atoms with van der Waals surface area (Å²) in [5.74, 6) is 0. The van der Waals surface area contributed by atoms with Crippen LogP contribution in [0.25, 0.3) is 10.9 Å². The number of nitrogens with zero attached hydrogens (tertiary/aromatic N) is 1. The van der Waals surface area contributed by atoms with Gasteiger partial charge in [-0.15, -0.1) is 0 Å². The van der Waals surface area contributed by atoms with Gasteiger partial charge in [-0.25, -0.2) is 0 Å². The van der Waals surface area contributed by atoms with Crippen molar-refractivity contribution in [1.82, 2.24) is 10.3 Å². The third-order valence-electron chi connectivity index (χ3n) is 3.60. The van der Waals surface area contributed by atoms with Gasteiger partial charge in [-0.05, 0) is 29.8 Å². The maximum atomic E-state index is 4.58. The van der Waals surface area contributed by atoms with E-state index in [-0.39, 0.29) is 6.04 Å². The summed E-state index contributed by atoms with van der Waals surface area (Å²) in [5, 5.41) is 4.75. The lowest BCUT2D eigenvalue weighted by Gasteiger charge is -2.21. The second kappa shape index (κ2) is 6.37. The summed E-state index contributed by atoms with van der Waals surface area (Å²) in [5.41, 5.74) is 3.50. The highest BCUT2D eigenvalue weighted by atomic mass is 79.9. The van der Waals surface area contributed by atoms with Gasteiger partial charge in [-0.2, -0.15) is 0 Å². The third-order valence-corrected chi connectivity index (χ3v) is 4.32. The van der Waals surface area contributed by atoms with E-state index < -0.39 is 0 Å². The summed E-state index contributed by atoms with van der Waals surface area (Å²) < 4.78 is 1.11. The number of rotatable bonds is 4. The Morgan fingerprint density at radius 3 is 2.57 bits per heavy atom. The summed E-state index contributed by atoms with van der Waals surface area (Å²) in [6.07, 6.45) is 1.86. The van der Waals surface area contributed by atoms with Crippen molar-refractivity contribution in [3.8, 4) is 0 Å². The molecule has 0 aliphatic rings. The average Bonchev–Trinajstić information content (AvgIpc) is 2.53. The van der Waals surface area contributed by atoms with Crippen LogP contribution in [0.5, 0.6) is 0 Å². The van der Waals surface area contributed by atoms with Crippen LogP contribution in [0, 0.1) is 0 Å². The first-order valence-electron chi connectivity index (χ1n) is 7.12. The zero-order valence-corrected chi connectivity index (χ0v) is 13.5. The van der Waals surface area contributed by atoms with Gasteiger partial charge in [-0.1, -0.05) is 65.3 Å². The van der Waals surface area contributed by atoms with Crippen LogP contribution in [0.4, 0.5) is 0 Å². The molecule has 0 spiro atoms. The Balaban J connectivity index is 2.19. The van der Waals surface area contributed by atoms with Crippen LogP contribution >= 0.6 is 15.9 Å². The Morgan fingerprint density at radius 1 is 1.00 bits per heavy atom. The molecule has 3 aromatic rings. The molecule has 0 radical (unpaired) electrons. The zero-order valence-electron chi connectivity index (χ0n) is 11.9. The van der Waals surface area contributed by atoms with Crippen molar-refractivity contribution in [3.63, 3.8) is 0 Å². The lowest BCUT2D eigenvalue weighted by atomic mass is 9.96. The molecule has 1 heterocycles. The minimum atomic E-state index is 0.129. The van der Waals surface area contributed by atoms with Crippen LogP contribution in [-0.2, 0) is 0 Å². The molecule has 106 valence electrons. The molecule has 0 saturated heterocycles. The number of hydrogen-bond donors (Lipinski definition) is 1. The second-order valence-corrected chi connectivity index (χ2v) is 5.79. The van der Waals surface area contributed by atoms with Crippen molar-refractivity contribution in [2.75, 3.05) is 6.54 Å². The van der Waals surface area contributed by atoms with E-state index in [0.29, 0.717) is 0 Å². The number of halogens is 1. The number of pyridine rings is 1. The topological polar surface area (TPSA) is 24.9 Å². The van der Waals surface area contributed by atoms with Crippen molar-refractivity contribution >= 4 is 26.8 Å². The number of benzene rings is 2. The predicted octanol–water partition coefficient (Wildman–Crippen LogP) is 4.70. The molecular formula is C18H17BrN2. The fourth-order valence-corrected chi connectivity index (χ4v) is 3.18. The molecular weight excluding hydrogens is 324 g/mol. The quantitative estimate of drug-likeness (QED) is 0.744. The van der Waals surface area contributed by atoms with Gasteiger partial charge < -0.3 is 5.32 Å². The number of fused-ring (bicyclic) bond motifs is 1. The largest absolute Gasteiger partial charge is 0.306 e. The maximum absolute atomic E-state index is 4.58. The van der Waals surface area contributed by atoms with Crippen LogP contribution in [0.3, 0.4) is 0 Å². The zero-order chi connectivity index (χ0) is 14.7. The van der Waals surface area contributed by atoms with Gasteiger partial charge in [0.25, 0.3) is 0 Å². The molecule has 3 rings (SSSR count). The minimum absolute atomic E-state index is 0.129. The van der Waals surface area contributed by atoms with Crippen LogP contribution in [-0.4, -0.2) is 11.5 Å². The SMILES string of the molecule is CCNC(c1ccccc1Br)c1cccc2cccnc12. The van der Waals surface area contributed by atoms with Gasteiger partial charge in [0.15, 0.2) is 0 Å². The first-order valence-corrected chi connectivity index (χ1v) is 7.92. The molecule has 0 aliphatic heterocycles. The van der Waals surface area contributed by atoms with E-state index >= 15 is 0 Å². The Kier molecular flexibility index (Phi) is 4.32. The van der Waals surface area contributed by atoms with Crippen molar-refractivity contribution in [2.45, 2.75) is 13.0 Å². The average molecular weight is 341 g/mol. The van der Waals surface area contributed by atoms with Crippen molar-refractivity contribution in [1.29, 1.82) is 0 Å². The lowest BCUT2D eigenvalue weighted by Crippen LogP contribution is -2.22.